The van der Waals surface area contributed by atoms with Crippen molar-refractivity contribution in [3.63, 3.8) is 0 Å². The van der Waals surface area contributed by atoms with E-state index >= 15 is 0 Å². The molecule has 0 saturated heterocycles. The maximum Gasteiger partial charge on any atom is 0.339 e. The fraction of sp³-hybridized carbons (Fsp3) is 0.455. The van der Waals surface area contributed by atoms with Crippen molar-refractivity contribution >= 4 is 29.6 Å². The number of aromatic nitrogens is 1. The van der Waals surface area contributed by atoms with Gasteiger partial charge in [-0.1, -0.05) is 19.1 Å². The molecular weight excluding hydrogens is 270 g/mol. The molecule has 0 aromatic carbocycles. The first kappa shape index (κ1) is 15.1. The summed E-state index contributed by atoms with van der Waals surface area (Å²) in [5, 5.41) is 23.2. The van der Waals surface area contributed by atoms with E-state index in [9.17, 15) is 20.0 Å². The minimum absolute atomic E-state index is 0.0342. The third-order valence-electron chi connectivity index (χ3n) is 2.78. The number of nitrogens with one attached hydrogen (secondary N) is 2. The lowest BCUT2D eigenvalue weighted by molar-refractivity contribution is -0.384. The molecule has 1 heterocycles. The van der Waals surface area contributed by atoms with Gasteiger partial charge < -0.3 is 15.4 Å². The Morgan fingerprint density at radius 2 is 2.21 bits per heavy atom. The van der Waals surface area contributed by atoms with Gasteiger partial charge in [0.15, 0.2) is 4.64 Å². The van der Waals surface area contributed by atoms with Gasteiger partial charge in [0.05, 0.1) is 4.92 Å². The summed E-state index contributed by atoms with van der Waals surface area (Å²) in [7, 11) is 0. The Kier molecular flexibility index (Phi) is 4.60. The molecule has 8 heteroatoms. The summed E-state index contributed by atoms with van der Waals surface area (Å²) in [5.41, 5.74) is -0.305. The molecule has 0 aliphatic rings. The zero-order valence-electron chi connectivity index (χ0n) is 10.8. The molecule has 0 amide bonds. The van der Waals surface area contributed by atoms with E-state index in [4.69, 9.17) is 12.2 Å². The van der Waals surface area contributed by atoms with Gasteiger partial charge in [-0.2, -0.15) is 0 Å². The van der Waals surface area contributed by atoms with Crippen LogP contribution < -0.4 is 5.32 Å². The molecule has 3 N–H and O–H groups in total. The third kappa shape index (κ3) is 3.08. The largest absolute Gasteiger partial charge is 0.478 e. The normalized spacial score (nSPS) is 11.9. The van der Waals surface area contributed by atoms with Crippen molar-refractivity contribution in [3.8, 4) is 0 Å². The van der Waals surface area contributed by atoms with Crippen molar-refractivity contribution in [3.05, 3.63) is 26.0 Å². The van der Waals surface area contributed by atoms with Gasteiger partial charge in [0.25, 0.3) is 0 Å². The number of nitro groups is 1. The van der Waals surface area contributed by atoms with Crippen molar-refractivity contribution in [1.29, 1.82) is 0 Å². The van der Waals surface area contributed by atoms with Crippen LogP contribution in [-0.4, -0.2) is 27.0 Å². The number of H-pyrrole nitrogens is 1. The predicted octanol–water partition coefficient (Wildman–Crippen LogP) is 2.87. The summed E-state index contributed by atoms with van der Waals surface area (Å²) in [6.45, 7) is 5.22. The van der Waals surface area contributed by atoms with E-state index in [1.165, 1.54) is 6.92 Å². The highest BCUT2D eigenvalue weighted by atomic mass is 32.1. The second kappa shape index (κ2) is 5.79. The second-order valence-electron chi connectivity index (χ2n) is 4.19. The van der Waals surface area contributed by atoms with E-state index in [-0.39, 0.29) is 27.6 Å². The van der Waals surface area contributed by atoms with Gasteiger partial charge in [0, 0.05) is 11.7 Å². The monoisotopic (exact) mass is 285 g/mol. The van der Waals surface area contributed by atoms with Crippen LogP contribution in [0.5, 0.6) is 0 Å². The van der Waals surface area contributed by atoms with Crippen molar-refractivity contribution in [1.82, 2.24) is 4.98 Å². The minimum Gasteiger partial charge on any atom is -0.478 e. The van der Waals surface area contributed by atoms with Gasteiger partial charge in [-0.25, -0.2) is 4.79 Å². The molecule has 104 valence electrons. The molecule has 0 aliphatic heterocycles. The van der Waals surface area contributed by atoms with E-state index in [0.717, 1.165) is 0 Å². The molecular formula is C11H15N3O4S. The molecule has 1 rings (SSSR count). The summed E-state index contributed by atoms with van der Waals surface area (Å²) in [4.78, 5) is 24.2. The smallest absolute Gasteiger partial charge is 0.339 e. The molecule has 1 unspecified atom stereocenters. The third-order valence-corrected chi connectivity index (χ3v) is 3.07. The summed E-state index contributed by atoms with van der Waals surface area (Å²) < 4.78 is -0.0849. The fourth-order valence-corrected chi connectivity index (χ4v) is 1.97. The van der Waals surface area contributed by atoms with Gasteiger partial charge in [0.1, 0.15) is 11.3 Å². The van der Waals surface area contributed by atoms with E-state index < -0.39 is 16.6 Å². The highest BCUT2D eigenvalue weighted by Crippen LogP contribution is 2.31. The fourth-order valence-electron chi connectivity index (χ4n) is 1.64. The van der Waals surface area contributed by atoms with E-state index in [2.05, 4.69) is 10.3 Å². The molecule has 0 spiro atoms. The SMILES string of the molecule is CCC(C)Nc1c(C(=O)O)c(C)[nH]c(=S)c1[N+](=O)[O-]. The van der Waals surface area contributed by atoms with Crippen molar-refractivity contribution < 1.29 is 14.8 Å². The lowest BCUT2D eigenvalue weighted by atomic mass is 10.1. The number of hydrogen-bond acceptors (Lipinski definition) is 5. The Morgan fingerprint density at radius 3 is 2.63 bits per heavy atom. The topological polar surface area (TPSA) is 108 Å². The summed E-state index contributed by atoms with van der Waals surface area (Å²) in [6.07, 6.45) is 0.695. The maximum absolute atomic E-state index is 11.3. The second-order valence-corrected chi connectivity index (χ2v) is 4.60. The van der Waals surface area contributed by atoms with Crippen molar-refractivity contribution in [2.45, 2.75) is 33.2 Å². The van der Waals surface area contributed by atoms with Crippen LogP contribution in [-0.2, 0) is 0 Å². The van der Waals surface area contributed by atoms with Gasteiger partial charge in [0.2, 0.25) is 0 Å². The van der Waals surface area contributed by atoms with Gasteiger partial charge in [-0.15, -0.1) is 0 Å². The van der Waals surface area contributed by atoms with E-state index in [1.54, 1.807) is 0 Å². The zero-order chi connectivity index (χ0) is 14.7. The number of nitrogens with zero attached hydrogens (tertiary/aromatic N) is 1. The molecule has 0 bridgehead atoms. The number of carbonyl (C=O) groups is 1. The number of hydrogen-bond donors (Lipinski definition) is 3. The van der Waals surface area contributed by atoms with E-state index in [1.807, 2.05) is 13.8 Å². The van der Waals surface area contributed by atoms with Crippen LogP contribution >= 0.6 is 12.2 Å². The van der Waals surface area contributed by atoms with Crippen LogP contribution in [0.3, 0.4) is 0 Å². The molecule has 0 saturated carbocycles. The highest BCUT2D eigenvalue weighted by molar-refractivity contribution is 7.71. The van der Waals surface area contributed by atoms with Crippen LogP contribution in [0, 0.1) is 21.7 Å². The first-order valence-corrected chi connectivity index (χ1v) is 6.11. The van der Waals surface area contributed by atoms with Crippen LogP contribution in [0.15, 0.2) is 0 Å². The number of aromatic amines is 1. The lowest BCUT2D eigenvalue weighted by Gasteiger charge is -2.16. The highest BCUT2D eigenvalue weighted by Gasteiger charge is 2.27. The first-order chi connectivity index (χ1) is 8.79. The Hall–Kier alpha value is -1.96. The van der Waals surface area contributed by atoms with Gasteiger partial charge in [-0.05, 0) is 20.3 Å². The average Bonchev–Trinajstić information content (AvgIpc) is 2.26. The van der Waals surface area contributed by atoms with Crippen LogP contribution in [0.4, 0.5) is 11.4 Å². The molecule has 1 aromatic heterocycles. The van der Waals surface area contributed by atoms with Crippen LogP contribution in [0.2, 0.25) is 0 Å². The molecule has 0 radical (unpaired) electrons. The van der Waals surface area contributed by atoms with E-state index in [0.29, 0.717) is 6.42 Å². The Balaban J connectivity index is 3.63. The van der Waals surface area contributed by atoms with Crippen molar-refractivity contribution in [2.75, 3.05) is 5.32 Å². The molecule has 0 fully saturated rings. The average molecular weight is 285 g/mol. The number of carboxylic acid groups (broad SMARTS) is 1. The van der Waals surface area contributed by atoms with Gasteiger partial charge >= 0.3 is 11.7 Å². The number of anilines is 1. The molecule has 1 atom stereocenters. The summed E-state index contributed by atoms with van der Waals surface area (Å²) >= 11 is 4.91. The number of rotatable bonds is 5. The van der Waals surface area contributed by atoms with Crippen LogP contribution in [0.1, 0.15) is 36.3 Å². The standard InChI is InChI=1S/C11H15N3O4S/c1-4-5(2)12-8-7(11(15)16)6(3)13-10(19)9(8)14(17)18/h5H,4H2,1-3H3,(H,15,16)(H2,12,13,19). The number of aromatic carboxylic acids is 1. The summed E-state index contributed by atoms with van der Waals surface area (Å²) in [6, 6.07) is -0.104. The molecule has 0 aliphatic carbocycles. The first-order valence-electron chi connectivity index (χ1n) is 5.70. The molecule has 7 nitrogen and oxygen atoms in total. The number of aryl methyl sites for hydroxylation is 1. The molecule has 1 aromatic rings. The van der Waals surface area contributed by atoms with Crippen molar-refractivity contribution in [2.24, 2.45) is 0 Å². The Morgan fingerprint density at radius 1 is 1.63 bits per heavy atom. The lowest BCUT2D eigenvalue weighted by Crippen LogP contribution is -2.19. The molecule has 19 heavy (non-hydrogen) atoms. The summed E-state index contributed by atoms with van der Waals surface area (Å²) in [5.74, 6) is -1.24. The Labute approximate surface area is 114 Å². The maximum atomic E-state index is 11.3. The zero-order valence-corrected chi connectivity index (χ0v) is 11.6. The Bertz CT molecular complexity index is 582. The van der Waals surface area contributed by atoms with Crippen LogP contribution in [0.25, 0.3) is 0 Å². The minimum atomic E-state index is -1.24. The number of pyridine rings is 1. The number of carboxylic acids is 1. The van der Waals surface area contributed by atoms with Gasteiger partial charge in [-0.3, -0.25) is 10.1 Å². The quantitative estimate of drug-likeness (QED) is 0.436. The predicted molar refractivity (Wildman–Crippen MR) is 73.4 cm³/mol.